The molecule has 1 heterocycles. The number of carbonyl (C=O) groups excluding carboxylic acids is 1. The summed E-state index contributed by atoms with van der Waals surface area (Å²) in [4.78, 5) is 12.8. The van der Waals surface area contributed by atoms with Gasteiger partial charge in [-0.2, -0.15) is 5.10 Å². The van der Waals surface area contributed by atoms with E-state index in [0.717, 1.165) is 11.3 Å². The van der Waals surface area contributed by atoms with E-state index in [2.05, 4.69) is 45.0 Å². The fourth-order valence-corrected chi connectivity index (χ4v) is 2.74. The molecule has 0 saturated heterocycles. The third kappa shape index (κ3) is 4.27. The monoisotopic (exact) mass is 345 g/mol. The molecule has 25 heavy (non-hydrogen) atoms. The molecular weight excluding hydrogens is 317 g/mol. The molecule has 0 unspecified atom stereocenters. The van der Waals surface area contributed by atoms with Gasteiger partial charge in [-0.15, -0.1) is 0 Å². The molecule has 2 aromatic rings. The lowest BCUT2D eigenvalue weighted by atomic mass is 9.94. The Labute approximate surface area is 149 Å². The largest absolute Gasteiger partial charge is 0.342 e. The molecule has 0 radical (unpaired) electrons. The highest BCUT2D eigenvalue weighted by atomic mass is 19.1. The van der Waals surface area contributed by atoms with Gasteiger partial charge in [0, 0.05) is 5.69 Å². The van der Waals surface area contributed by atoms with E-state index in [1.165, 1.54) is 12.1 Å². The normalized spacial score (nSPS) is 12.5. The van der Waals surface area contributed by atoms with E-state index in [1.54, 1.807) is 12.1 Å². The van der Waals surface area contributed by atoms with Crippen LogP contribution in [-0.4, -0.2) is 15.7 Å². The zero-order valence-electron chi connectivity index (χ0n) is 16.1. The number of benzene rings is 1. The molecule has 1 amide bonds. The van der Waals surface area contributed by atoms with Crippen molar-refractivity contribution in [1.82, 2.24) is 15.1 Å². The summed E-state index contributed by atoms with van der Waals surface area (Å²) in [5.41, 5.74) is 1.42. The van der Waals surface area contributed by atoms with Crippen LogP contribution < -0.4 is 5.32 Å². The van der Waals surface area contributed by atoms with Crippen LogP contribution >= 0.6 is 0 Å². The molecule has 1 aromatic carbocycles. The minimum absolute atomic E-state index is 0.204. The van der Waals surface area contributed by atoms with Crippen molar-refractivity contribution >= 4 is 5.91 Å². The molecule has 4 nitrogen and oxygen atoms in total. The van der Waals surface area contributed by atoms with Crippen molar-refractivity contribution in [2.75, 3.05) is 0 Å². The van der Waals surface area contributed by atoms with Crippen molar-refractivity contribution in [2.24, 2.45) is 0 Å². The van der Waals surface area contributed by atoms with E-state index in [0.29, 0.717) is 5.69 Å². The van der Waals surface area contributed by atoms with Crippen molar-refractivity contribution < 1.29 is 9.18 Å². The van der Waals surface area contributed by atoms with E-state index in [1.807, 2.05) is 24.6 Å². The minimum Gasteiger partial charge on any atom is -0.342 e. The number of aromatic nitrogens is 2. The van der Waals surface area contributed by atoms with Crippen LogP contribution in [0, 0.1) is 5.82 Å². The number of nitrogens with zero attached hydrogens (tertiary/aromatic N) is 2. The fourth-order valence-electron chi connectivity index (χ4n) is 2.74. The highest BCUT2D eigenvalue weighted by Gasteiger charge is 2.27. The van der Waals surface area contributed by atoms with Crippen LogP contribution in [0.3, 0.4) is 0 Å². The van der Waals surface area contributed by atoms with Crippen molar-refractivity contribution in [3.8, 4) is 0 Å². The SMILES string of the molecule is CC(C)c1cc(C(=O)NC(C)(C)c2ccc(F)cc2)nn1C(C)(C)C. The number of amides is 1. The second kappa shape index (κ2) is 6.62. The van der Waals surface area contributed by atoms with E-state index >= 15 is 0 Å². The topological polar surface area (TPSA) is 46.9 Å². The average Bonchev–Trinajstić information content (AvgIpc) is 2.93. The van der Waals surface area contributed by atoms with E-state index < -0.39 is 5.54 Å². The van der Waals surface area contributed by atoms with Crippen molar-refractivity contribution in [2.45, 2.75) is 65.5 Å². The van der Waals surface area contributed by atoms with Crippen molar-refractivity contribution in [3.05, 3.63) is 53.1 Å². The molecule has 1 aromatic heterocycles. The Morgan fingerprint density at radius 3 is 2.12 bits per heavy atom. The van der Waals surface area contributed by atoms with E-state index in [9.17, 15) is 9.18 Å². The number of rotatable bonds is 4. The molecule has 0 atom stereocenters. The highest BCUT2D eigenvalue weighted by Crippen LogP contribution is 2.25. The fraction of sp³-hybridized carbons (Fsp3) is 0.500. The molecule has 0 aliphatic carbocycles. The number of nitrogens with one attached hydrogen (secondary N) is 1. The summed E-state index contributed by atoms with van der Waals surface area (Å²) in [5.74, 6) is -0.269. The van der Waals surface area contributed by atoms with E-state index in [4.69, 9.17) is 0 Å². The van der Waals surface area contributed by atoms with Crippen LogP contribution in [0.4, 0.5) is 4.39 Å². The standard InChI is InChI=1S/C20H28FN3O/c1-13(2)17-12-16(23-24(17)19(3,4)5)18(25)22-20(6,7)14-8-10-15(21)11-9-14/h8-13H,1-7H3,(H,22,25). The maximum Gasteiger partial charge on any atom is 0.272 e. The summed E-state index contributed by atoms with van der Waals surface area (Å²) in [5, 5.41) is 7.54. The minimum atomic E-state index is -0.631. The number of carbonyl (C=O) groups is 1. The quantitative estimate of drug-likeness (QED) is 0.882. The van der Waals surface area contributed by atoms with E-state index in [-0.39, 0.29) is 23.2 Å². The summed E-state index contributed by atoms with van der Waals surface area (Å²) >= 11 is 0. The third-order valence-corrected chi connectivity index (χ3v) is 4.19. The molecule has 0 aliphatic heterocycles. The van der Waals surface area contributed by atoms with Crippen LogP contribution in [0.15, 0.2) is 30.3 Å². The Kier molecular flexibility index (Phi) is 5.07. The summed E-state index contributed by atoms with van der Waals surface area (Å²) in [6, 6.07) is 8.01. The molecular formula is C20H28FN3O. The lowest BCUT2D eigenvalue weighted by Crippen LogP contribution is -2.41. The first-order valence-corrected chi connectivity index (χ1v) is 8.61. The number of halogens is 1. The van der Waals surface area contributed by atoms with Crippen LogP contribution in [0.2, 0.25) is 0 Å². The molecule has 0 bridgehead atoms. The zero-order chi connectivity index (χ0) is 19.0. The van der Waals surface area contributed by atoms with Gasteiger partial charge in [-0.1, -0.05) is 26.0 Å². The Morgan fingerprint density at radius 2 is 1.68 bits per heavy atom. The maximum atomic E-state index is 13.1. The Bertz CT molecular complexity index is 752. The predicted octanol–water partition coefficient (Wildman–Crippen LogP) is 4.57. The van der Waals surface area contributed by atoms with Gasteiger partial charge in [-0.25, -0.2) is 4.39 Å². The summed E-state index contributed by atoms with van der Waals surface area (Å²) in [6.07, 6.45) is 0. The maximum absolute atomic E-state index is 13.1. The number of hydrogen-bond donors (Lipinski definition) is 1. The first-order chi connectivity index (χ1) is 11.4. The van der Waals surface area contributed by atoms with Gasteiger partial charge in [0.05, 0.1) is 11.1 Å². The van der Waals surface area contributed by atoms with Gasteiger partial charge in [0.25, 0.3) is 5.91 Å². The van der Waals surface area contributed by atoms with Crippen LogP contribution in [-0.2, 0) is 11.1 Å². The summed E-state index contributed by atoms with van der Waals surface area (Å²) in [7, 11) is 0. The first-order valence-electron chi connectivity index (χ1n) is 8.61. The molecule has 2 rings (SSSR count). The third-order valence-electron chi connectivity index (χ3n) is 4.19. The van der Waals surface area contributed by atoms with Crippen LogP contribution in [0.5, 0.6) is 0 Å². The average molecular weight is 345 g/mol. The molecule has 0 fully saturated rings. The Balaban J connectivity index is 2.30. The Hall–Kier alpha value is -2.17. The lowest BCUT2D eigenvalue weighted by molar-refractivity contribution is 0.0905. The van der Waals surface area contributed by atoms with Gasteiger partial charge >= 0.3 is 0 Å². The second-order valence-electron chi connectivity index (χ2n) is 8.28. The van der Waals surface area contributed by atoms with Gasteiger partial charge in [0.1, 0.15) is 5.82 Å². The molecule has 5 heteroatoms. The molecule has 0 aliphatic rings. The summed E-state index contributed by atoms with van der Waals surface area (Å²) in [6.45, 7) is 14.2. The number of hydrogen-bond acceptors (Lipinski definition) is 2. The Morgan fingerprint density at radius 1 is 1.12 bits per heavy atom. The van der Waals surface area contributed by atoms with Gasteiger partial charge in [0.15, 0.2) is 5.69 Å². The summed E-state index contributed by atoms with van der Waals surface area (Å²) < 4.78 is 15.1. The van der Waals surface area contributed by atoms with Gasteiger partial charge in [0.2, 0.25) is 0 Å². The van der Waals surface area contributed by atoms with Crippen LogP contribution in [0.25, 0.3) is 0 Å². The lowest BCUT2D eigenvalue weighted by Gasteiger charge is -2.26. The van der Waals surface area contributed by atoms with Crippen LogP contribution in [0.1, 0.15) is 76.1 Å². The predicted molar refractivity (Wildman–Crippen MR) is 98.2 cm³/mol. The van der Waals surface area contributed by atoms with Gasteiger partial charge in [-0.05, 0) is 64.3 Å². The first kappa shape index (κ1) is 19.2. The molecule has 136 valence electrons. The van der Waals surface area contributed by atoms with Gasteiger partial charge in [-0.3, -0.25) is 9.48 Å². The van der Waals surface area contributed by atoms with Crippen molar-refractivity contribution in [3.63, 3.8) is 0 Å². The molecule has 0 spiro atoms. The molecule has 0 saturated carbocycles. The smallest absolute Gasteiger partial charge is 0.272 e. The molecule has 1 N–H and O–H groups in total. The second-order valence-corrected chi connectivity index (χ2v) is 8.28. The van der Waals surface area contributed by atoms with Crippen molar-refractivity contribution in [1.29, 1.82) is 0 Å². The highest BCUT2D eigenvalue weighted by molar-refractivity contribution is 5.93. The van der Waals surface area contributed by atoms with Gasteiger partial charge < -0.3 is 5.32 Å². The zero-order valence-corrected chi connectivity index (χ0v) is 16.1.